The van der Waals surface area contributed by atoms with Crippen LogP contribution in [0.1, 0.15) is 24.8 Å². The average molecular weight is 212 g/mol. The summed E-state index contributed by atoms with van der Waals surface area (Å²) in [6.45, 7) is 2.32. The Morgan fingerprint density at radius 3 is 2.62 bits per heavy atom. The molecule has 0 bridgehead atoms. The Hall–Kier alpha value is -1.57. The molecule has 1 aliphatic carbocycles. The average Bonchev–Trinajstić information content (AvgIpc) is 2.85. The summed E-state index contributed by atoms with van der Waals surface area (Å²) < 4.78 is 1.86. The van der Waals surface area contributed by atoms with E-state index < -0.39 is 0 Å². The highest BCUT2D eigenvalue weighted by Gasteiger charge is 2.35. The molecule has 1 saturated carbocycles. The number of aromatic nitrogens is 2. The Balaban J connectivity index is 2.06. The van der Waals surface area contributed by atoms with Crippen LogP contribution < -0.4 is 0 Å². The van der Waals surface area contributed by atoms with Crippen LogP contribution in [0.5, 0.6) is 0 Å². The summed E-state index contributed by atoms with van der Waals surface area (Å²) in [4.78, 5) is 0. The first-order valence-corrected chi connectivity index (χ1v) is 5.84. The maximum atomic E-state index is 4.49. The normalized spacial score (nSPS) is 23.4. The second-order valence-electron chi connectivity index (χ2n) is 4.78. The van der Waals surface area contributed by atoms with Crippen molar-refractivity contribution in [3.63, 3.8) is 0 Å². The summed E-state index contributed by atoms with van der Waals surface area (Å²) in [5, 5.41) is 4.49. The Kier molecular flexibility index (Phi) is 2.10. The highest BCUT2D eigenvalue weighted by molar-refractivity contribution is 5.65. The van der Waals surface area contributed by atoms with E-state index in [0.29, 0.717) is 0 Å². The topological polar surface area (TPSA) is 17.8 Å². The van der Waals surface area contributed by atoms with Crippen LogP contribution in [0, 0.1) is 5.92 Å². The molecule has 3 rings (SSSR count). The molecule has 0 aliphatic heterocycles. The highest BCUT2D eigenvalue weighted by atomic mass is 15.2. The first-order valence-electron chi connectivity index (χ1n) is 5.84. The zero-order valence-corrected chi connectivity index (χ0v) is 9.72. The summed E-state index contributed by atoms with van der Waals surface area (Å²) >= 11 is 0. The molecule has 82 valence electrons. The lowest BCUT2D eigenvalue weighted by atomic mass is 10.00. The lowest BCUT2D eigenvalue weighted by Gasteiger charge is -2.05. The Morgan fingerprint density at radius 2 is 2.00 bits per heavy atom. The monoisotopic (exact) mass is 212 g/mol. The fourth-order valence-corrected chi connectivity index (χ4v) is 2.37. The van der Waals surface area contributed by atoms with Crippen LogP contribution >= 0.6 is 0 Å². The van der Waals surface area contributed by atoms with Crippen LogP contribution in [0.15, 0.2) is 36.5 Å². The first kappa shape index (κ1) is 9.64. The molecule has 2 heteroatoms. The van der Waals surface area contributed by atoms with Gasteiger partial charge in [-0.3, -0.25) is 4.68 Å². The molecule has 2 nitrogen and oxygen atoms in total. The summed E-state index contributed by atoms with van der Waals surface area (Å²) in [7, 11) is 1.96. The standard InChI is InChI=1S/C14H16N2/c1-10-9-13(10)11-5-3-4-6-12(11)14-7-8-16(2)15-14/h3-8,10,13H,9H2,1-2H3. The minimum absolute atomic E-state index is 0.748. The van der Waals surface area contributed by atoms with Crippen molar-refractivity contribution in [3.05, 3.63) is 42.1 Å². The third-order valence-corrected chi connectivity index (χ3v) is 3.46. The van der Waals surface area contributed by atoms with Gasteiger partial charge in [0.15, 0.2) is 0 Å². The molecule has 1 fully saturated rings. The predicted octanol–water partition coefficient (Wildman–Crippen LogP) is 3.21. The Morgan fingerprint density at radius 1 is 1.25 bits per heavy atom. The lowest BCUT2D eigenvalue weighted by Crippen LogP contribution is -1.91. The van der Waals surface area contributed by atoms with E-state index in [1.807, 2.05) is 17.9 Å². The van der Waals surface area contributed by atoms with Gasteiger partial charge in [-0.2, -0.15) is 5.10 Å². The van der Waals surface area contributed by atoms with E-state index in [-0.39, 0.29) is 0 Å². The largest absolute Gasteiger partial charge is 0.275 e. The second-order valence-corrected chi connectivity index (χ2v) is 4.78. The van der Waals surface area contributed by atoms with Gasteiger partial charge in [0.25, 0.3) is 0 Å². The van der Waals surface area contributed by atoms with E-state index >= 15 is 0 Å². The summed E-state index contributed by atoms with van der Waals surface area (Å²) in [6, 6.07) is 10.8. The van der Waals surface area contributed by atoms with Gasteiger partial charge in [0.05, 0.1) is 5.69 Å². The zero-order chi connectivity index (χ0) is 11.1. The van der Waals surface area contributed by atoms with E-state index in [9.17, 15) is 0 Å². The maximum Gasteiger partial charge on any atom is 0.0925 e. The number of benzene rings is 1. The van der Waals surface area contributed by atoms with Crippen molar-refractivity contribution in [2.75, 3.05) is 0 Å². The van der Waals surface area contributed by atoms with Gasteiger partial charge >= 0.3 is 0 Å². The zero-order valence-electron chi connectivity index (χ0n) is 9.72. The minimum atomic E-state index is 0.748. The van der Waals surface area contributed by atoms with Gasteiger partial charge in [0, 0.05) is 18.8 Å². The van der Waals surface area contributed by atoms with Crippen LogP contribution in [-0.2, 0) is 7.05 Å². The van der Waals surface area contributed by atoms with Crippen molar-refractivity contribution in [3.8, 4) is 11.3 Å². The fourth-order valence-electron chi connectivity index (χ4n) is 2.37. The number of nitrogens with zero attached hydrogens (tertiary/aromatic N) is 2. The van der Waals surface area contributed by atoms with E-state index in [1.165, 1.54) is 17.5 Å². The molecule has 2 aromatic rings. The molecule has 16 heavy (non-hydrogen) atoms. The molecule has 0 N–H and O–H groups in total. The van der Waals surface area contributed by atoms with Gasteiger partial charge in [0.2, 0.25) is 0 Å². The summed E-state index contributed by atoms with van der Waals surface area (Å²) in [5.74, 6) is 1.59. The second kappa shape index (κ2) is 3.48. The minimum Gasteiger partial charge on any atom is -0.275 e. The van der Waals surface area contributed by atoms with E-state index in [1.54, 1.807) is 0 Å². The molecule has 1 aliphatic rings. The van der Waals surface area contributed by atoms with Crippen molar-refractivity contribution < 1.29 is 0 Å². The number of aryl methyl sites for hydroxylation is 1. The number of hydrogen-bond donors (Lipinski definition) is 0. The van der Waals surface area contributed by atoms with Gasteiger partial charge in [0.1, 0.15) is 0 Å². The van der Waals surface area contributed by atoms with E-state index in [2.05, 4.69) is 42.4 Å². The molecule has 2 atom stereocenters. The third kappa shape index (κ3) is 1.54. The van der Waals surface area contributed by atoms with Crippen molar-refractivity contribution >= 4 is 0 Å². The van der Waals surface area contributed by atoms with Gasteiger partial charge in [-0.05, 0) is 29.9 Å². The fraction of sp³-hybridized carbons (Fsp3) is 0.357. The first-order chi connectivity index (χ1) is 7.75. The van der Waals surface area contributed by atoms with E-state index in [0.717, 1.165) is 17.5 Å². The smallest absolute Gasteiger partial charge is 0.0925 e. The van der Waals surface area contributed by atoms with Crippen LogP contribution in [-0.4, -0.2) is 9.78 Å². The van der Waals surface area contributed by atoms with Crippen LogP contribution in [0.4, 0.5) is 0 Å². The van der Waals surface area contributed by atoms with Crippen LogP contribution in [0.25, 0.3) is 11.3 Å². The third-order valence-electron chi connectivity index (χ3n) is 3.46. The van der Waals surface area contributed by atoms with Gasteiger partial charge in [-0.1, -0.05) is 31.2 Å². The summed E-state index contributed by atoms with van der Waals surface area (Å²) in [6.07, 6.45) is 3.33. The molecule has 2 unspecified atom stereocenters. The number of rotatable bonds is 2. The predicted molar refractivity (Wildman–Crippen MR) is 65.2 cm³/mol. The van der Waals surface area contributed by atoms with Crippen molar-refractivity contribution in [1.29, 1.82) is 0 Å². The molecular weight excluding hydrogens is 196 g/mol. The molecule has 0 radical (unpaired) electrons. The molecule has 1 aromatic heterocycles. The molecule has 1 heterocycles. The van der Waals surface area contributed by atoms with Gasteiger partial charge < -0.3 is 0 Å². The molecule has 1 aromatic carbocycles. The van der Waals surface area contributed by atoms with Crippen LogP contribution in [0.2, 0.25) is 0 Å². The Labute approximate surface area is 95.9 Å². The highest BCUT2D eigenvalue weighted by Crippen LogP contribution is 2.49. The van der Waals surface area contributed by atoms with Crippen LogP contribution in [0.3, 0.4) is 0 Å². The quantitative estimate of drug-likeness (QED) is 0.747. The van der Waals surface area contributed by atoms with Crippen molar-refractivity contribution in [2.45, 2.75) is 19.3 Å². The molecule has 0 saturated heterocycles. The van der Waals surface area contributed by atoms with Crippen molar-refractivity contribution in [2.24, 2.45) is 13.0 Å². The van der Waals surface area contributed by atoms with Gasteiger partial charge in [-0.15, -0.1) is 0 Å². The Bertz CT molecular complexity index is 513. The van der Waals surface area contributed by atoms with Gasteiger partial charge in [-0.25, -0.2) is 0 Å². The SMILES string of the molecule is CC1CC1c1ccccc1-c1ccn(C)n1. The molecular formula is C14H16N2. The molecule has 0 spiro atoms. The lowest BCUT2D eigenvalue weighted by molar-refractivity contribution is 0.770. The number of hydrogen-bond acceptors (Lipinski definition) is 1. The van der Waals surface area contributed by atoms with E-state index in [4.69, 9.17) is 0 Å². The molecule has 0 amide bonds. The van der Waals surface area contributed by atoms with Crippen molar-refractivity contribution in [1.82, 2.24) is 9.78 Å². The maximum absolute atomic E-state index is 4.49. The summed E-state index contributed by atoms with van der Waals surface area (Å²) in [5.41, 5.74) is 3.86.